The Morgan fingerprint density at radius 3 is 2.75 bits per heavy atom. The number of aliphatic hydroxyl groups is 1. The number of carbonyl (C=O) groups excluding carboxylic acids is 1. The van der Waals surface area contributed by atoms with Crippen LogP contribution in [0, 0.1) is 0 Å². The van der Waals surface area contributed by atoms with Crippen LogP contribution in [0.1, 0.15) is 32.0 Å². The Kier molecular flexibility index (Phi) is 3.89. The number of fused-ring (bicyclic) bond motifs is 1. The van der Waals surface area contributed by atoms with Crippen LogP contribution in [0.3, 0.4) is 0 Å². The van der Waals surface area contributed by atoms with Crippen molar-refractivity contribution in [2.75, 3.05) is 13.2 Å². The van der Waals surface area contributed by atoms with Crippen molar-refractivity contribution >= 4 is 6.09 Å². The number of nitrogens with one attached hydrogen (secondary N) is 1. The van der Waals surface area contributed by atoms with Crippen molar-refractivity contribution in [3.05, 3.63) is 21.6 Å². The van der Waals surface area contributed by atoms with E-state index in [4.69, 9.17) is 9.84 Å². The Hall–Kier alpha value is -1.76. The molecule has 2 heterocycles. The smallest absolute Gasteiger partial charge is 0.410 e. The molecule has 7 heteroatoms. The minimum atomic E-state index is -0.534. The lowest BCUT2D eigenvalue weighted by atomic mass is 10.1. The SMILES string of the molecule is CC(C)(C)OC(=O)N1CCc2c([nH]n(CCO)c2=O)C1. The number of rotatable bonds is 2. The van der Waals surface area contributed by atoms with E-state index in [9.17, 15) is 9.59 Å². The number of nitrogens with zero attached hydrogens (tertiary/aromatic N) is 2. The molecule has 1 aliphatic heterocycles. The molecule has 0 unspecified atom stereocenters. The number of aromatic amines is 1. The maximum absolute atomic E-state index is 12.0. The molecule has 0 aromatic carbocycles. The Bertz CT molecular complexity index is 553. The number of amides is 1. The van der Waals surface area contributed by atoms with Gasteiger partial charge in [0, 0.05) is 12.1 Å². The maximum atomic E-state index is 12.0. The van der Waals surface area contributed by atoms with Crippen LogP contribution in [0.5, 0.6) is 0 Å². The van der Waals surface area contributed by atoms with Crippen molar-refractivity contribution in [3.63, 3.8) is 0 Å². The molecule has 7 nitrogen and oxygen atoms in total. The van der Waals surface area contributed by atoms with Crippen LogP contribution in [-0.4, -0.2) is 44.6 Å². The minimum Gasteiger partial charge on any atom is -0.444 e. The second-order valence-corrected chi connectivity index (χ2v) is 5.90. The molecule has 0 saturated heterocycles. The van der Waals surface area contributed by atoms with E-state index in [0.717, 1.165) is 5.69 Å². The molecule has 1 amide bonds. The Morgan fingerprint density at radius 2 is 2.15 bits per heavy atom. The quantitative estimate of drug-likeness (QED) is 0.825. The zero-order valence-electron chi connectivity index (χ0n) is 12.1. The molecule has 0 spiro atoms. The van der Waals surface area contributed by atoms with Crippen molar-refractivity contribution in [1.82, 2.24) is 14.7 Å². The summed E-state index contributed by atoms with van der Waals surface area (Å²) in [5.41, 5.74) is 0.768. The van der Waals surface area contributed by atoms with Gasteiger partial charge in [-0.25, -0.2) is 4.79 Å². The monoisotopic (exact) mass is 283 g/mol. The lowest BCUT2D eigenvalue weighted by molar-refractivity contribution is 0.0221. The van der Waals surface area contributed by atoms with Crippen molar-refractivity contribution < 1.29 is 14.6 Å². The minimum absolute atomic E-state index is 0.102. The van der Waals surface area contributed by atoms with Gasteiger partial charge in [-0.05, 0) is 27.2 Å². The van der Waals surface area contributed by atoms with Gasteiger partial charge < -0.3 is 14.7 Å². The van der Waals surface area contributed by atoms with Crippen LogP contribution in [-0.2, 0) is 24.2 Å². The topological polar surface area (TPSA) is 87.6 Å². The van der Waals surface area contributed by atoms with Gasteiger partial charge in [-0.2, -0.15) is 0 Å². The number of hydrogen-bond donors (Lipinski definition) is 2. The molecule has 2 N–H and O–H groups in total. The van der Waals surface area contributed by atoms with Gasteiger partial charge in [0.25, 0.3) is 5.56 Å². The largest absolute Gasteiger partial charge is 0.444 e. The van der Waals surface area contributed by atoms with Crippen LogP contribution in [0.25, 0.3) is 0 Å². The maximum Gasteiger partial charge on any atom is 0.410 e. The fourth-order valence-electron chi connectivity index (χ4n) is 2.22. The zero-order valence-corrected chi connectivity index (χ0v) is 12.1. The molecule has 1 aliphatic rings. The van der Waals surface area contributed by atoms with Crippen molar-refractivity contribution in [1.29, 1.82) is 0 Å². The van der Waals surface area contributed by atoms with Gasteiger partial charge in [-0.15, -0.1) is 0 Å². The average Bonchev–Trinajstić information content (AvgIpc) is 2.64. The molecule has 0 aliphatic carbocycles. The predicted molar refractivity (Wildman–Crippen MR) is 72.5 cm³/mol. The Morgan fingerprint density at radius 1 is 1.45 bits per heavy atom. The number of ether oxygens (including phenoxy) is 1. The predicted octanol–water partition coefficient (Wildman–Crippen LogP) is 0.462. The van der Waals surface area contributed by atoms with Gasteiger partial charge in [-0.1, -0.05) is 0 Å². The molecule has 0 bridgehead atoms. The Labute approximate surface area is 117 Å². The van der Waals surface area contributed by atoms with Crippen molar-refractivity contribution in [2.45, 2.75) is 45.9 Å². The fourth-order valence-corrected chi connectivity index (χ4v) is 2.22. The molecular weight excluding hydrogens is 262 g/mol. The van der Waals surface area contributed by atoms with Gasteiger partial charge in [0.15, 0.2) is 0 Å². The van der Waals surface area contributed by atoms with E-state index in [0.29, 0.717) is 25.1 Å². The molecule has 0 radical (unpaired) electrons. The second-order valence-electron chi connectivity index (χ2n) is 5.90. The molecule has 2 rings (SSSR count). The van der Waals surface area contributed by atoms with E-state index >= 15 is 0 Å². The third-order valence-electron chi connectivity index (χ3n) is 3.09. The molecule has 0 fully saturated rings. The van der Waals surface area contributed by atoms with Crippen LogP contribution in [0.2, 0.25) is 0 Å². The number of aromatic nitrogens is 2. The third-order valence-corrected chi connectivity index (χ3v) is 3.09. The highest BCUT2D eigenvalue weighted by Crippen LogP contribution is 2.17. The first-order valence-electron chi connectivity index (χ1n) is 6.71. The number of hydrogen-bond acceptors (Lipinski definition) is 4. The van der Waals surface area contributed by atoms with Crippen LogP contribution in [0.15, 0.2) is 4.79 Å². The van der Waals surface area contributed by atoms with Crippen molar-refractivity contribution in [2.24, 2.45) is 0 Å². The Balaban J connectivity index is 2.13. The summed E-state index contributed by atoms with van der Waals surface area (Å²) < 4.78 is 6.70. The van der Waals surface area contributed by atoms with Crippen molar-refractivity contribution in [3.8, 4) is 0 Å². The fraction of sp³-hybridized carbons (Fsp3) is 0.692. The summed E-state index contributed by atoms with van der Waals surface area (Å²) in [5.74, 6) is 0. The molecule has 20 heavy (non-hydrogen) atoms. The standard InChI is InChI=1S/C13H21N3O4/c1-13(2,3)20-12(19)15-5-4-9-10(8-15)14-16(6-7-17)11(9)18/h14,17H,4-8H2,1-3H3. The van der Waals surface area contributed by atoms with E-state index in [1.807, 2.05) is 20.8 Å². The van der Waals surface area contributed by atoms with Crippen LogP contribution < -0.4 is 5.56 Å². The van der Waals surface area contributed by atoms with Gasteiger partial charge in [-0.3, -0.25) is 14.6 Å². The summed E-state index contributed by atoms with van der Waals surface area (Å²) in [4.78, 5) is 25.6. The number of aliphatic hydroxyl groups excluding tert-OH is 1. The normalized spacial score (nSPS) is 15.1. The van der Waals surface area contributed by atoms with E-state index in [1.165, 1.54) is 4.68 Å². The number of carbonyl (C=O) groups is 1. The summed E-state index contributed by atoms with van der Waals surface area (Å²) in [7, 11) is 0. The van der Waals surface area contributed by atoms with Crippen LogP contribution >= 0.6 is 0 Å². The lowest BCUT2D eigenvalue weighted by Crippen LogP contribution is -2.40. The number of H-pyrrole nitrogens is 1. The van der Waals surface area contributed by atoms with E-state index < -0.39 is 5.60 Å². The molecule has 1 aromatic rings. The lowest BCUT2D eigenvalue weighted by Gasteiger charge is -2.29. The van der Waals surface area contributed by atoms with Gasteiger partial charge >= 0.3 is 6.09 Å². The molecule has 0 atom stereocenters. The highest BCUT2D eigenvalue weighted by atomic mass is 16.6. The summed E-state index contributed by atoms with van der Waals surface area (Å²) in [5, 5.41) is 11.9. The third kappa shape index (κ3) is 3.04. The molecular formula is C13H21N3O4. The highest BCUT2D eigenvalue weighted by Gasteiger charge is 2.28. The van der Waals surface area contributed by atoms with E-state index in [1.54, 1.807) is 4.90 Å². The van der Waals surface area contributed by atoms with Gasteiger partial charge in [0.05, 0.1) is 25.4 Å². The summed E-state index contributed by atoms with van der Waals surface area (Å²) >= 11 is 0. The summed E-state index contributed by atoms with van der Waals surface area (Å²) in [6.07, 6.45) is 0.126. The van der Waals surface area contributed by atoms with E-state index in [2.05, 4.69) is 5.10 Å². The second kappa shape index (κ2) is 5.32. The van der Waals surface area contributed by atoms with Gasteiger partial charge in [0.2, 0.25) is 0 Å². The average molecular weight is 283 g/mol. The first-order valence-corrected chi connectivity index (χ1v) is 6.71. The highest BCUT2D eigenvalue weighted by molar-refractivity contribution is 5.68. The summed E-state index contributed by atoms with van der Waals surface area (Å²) in [6, 6.07) is 0. The zero-order chi connectivity index (χ0) is 14.9. The molecule has 1 aromatic heterocycles. The summed E-state index contributed by atoms with van der Waals surface area (Å²) in [6.45, 7) is 6.39. The first-order chi connectivity index (χ1) is 9.31. The molecule has 0 saturated carbocycles. The van der Waals surface area contributed by atoms with Crippen LogP contribution in [0.4, 0.5) is 4.79 Å². The van der Waals surface area contributed by atoms with E-state index in [-0.39, 0.29) is 24.8 Å². The van der Waals surface area contributed by atoms with Gasteiger partial charge in [0.1, 0.15) is 5.60 Å². The first kappa shape index (κ1) is 14.6. The molecule has 112 valence electrons.